The van der Waals surface area contributed by atoms with Crippen molar-refractivity contribution in [3.8, 4) is 0 Å². The molecule has 0 atom stereocenters. The molecule has 3 heteroatoms. The summed E-state index contributed by atoms with van der Waals surface area (Å²) in [5.41, 5.74) is 0.840. The molecule has 0 saturated heterocycles. The van der Waals surface area contributed by atoms with Gasteiger partial charge < -0.3 is 0 Å². The van der Waals surface area contributed by atoms with Gasteiger partial charge in [0.25, 0.3) is 0 Å². The number of likely N-dealkylation sites (N-methyl/N-ethyl adjacent to an activating group) is 1. The van der Waals surface area contributed by atoms with Gasteiger partial charge in [-0.1, -0.05) is 31.9 Å². The van der Waals surface area contributed by atoms with Gasteiger partial charge in [0.05, 0.1) is 6.54 Å². The van der Waals surface area contributed by atoms with Crippen molar-refractivity contribution in [1.82, 2.24) is 4.90 Å². The molecule has 1 aromatic carbocycles. The minimum Gasteiger partial charge on any atom is -0.293 e. The summed E-state index contributed by atoms with van der Waals surface area (Å²) in [7, 11) is 0. The number of carbonyl (C=O) groups is 1. The van der Waals surface area contributed by atoms with Gasteiger partial charge in [0.15, 0.2) is 5.78 Å². The fourth-order valence-electron chi connectivity index (χ4n) is 2.68. The van der Waals surface area contributed by atoms with E-state index in [0.717, 1.165) is 12.1 Å². The normalized spacial score (nSPS) is 16.4. The minimum absolute atomic E-state index is 0.250. The van der Waals surface area contributed by atoms with Crippen LogP contribution in [0.2, 0.25) is 0 Å². The zero-order chi connectivity index (χ0) is 13.0. The van der Waals surface area contributed by atoms with Crippen LogP contribution in [0.5, 0.6) is 0 Å². The Labute approximate surface area is 123 Å². The lowest BCUT2D eigenvalue weighted by atomic mass is 10.1. The molecule has 1 aromatic rings. The van der Waals surface area contributed by atoms with E-state index >= 15 is 0 Å². The van der Waals surface area contributed by atoms with Crippen molar-refractivity contribution >= 4 is 28.4 Å². The van der Waals surface area contributed by atoms with E-state index < -0.39 is 0 Å². The highest BCUT2D eigenvalue weighted by Gasteiger charge is 2.23. The van der Waals surface area contributed by atoms with Gasteiger partial charge in [0, 0.05) is 15.2 Å². The average Bonchev–Trinajstić information content (AvgIpc) is 2.90. The molecular formula is C15H20INO. The maximum atomic E-state index is 12.2. The Hall–Kier alpha value is -0.420. The van der Waals surface area contributed by atoms with Gasteiger partial charge in [-0.05, 0) is 54.1 Å². The number of carbonyl (C=O) groups excluding carboxylic acids is 1. The minimum atomic E-state index is 0.250. The van der Waals surface area contributed by atoms with Crippen molar-refractivity contribution in [2.45, 2.75) is 38.6 Å². The van der Waals surface area contributed by atoms with Crippen molar-refractivity contribution in [1.29, 1.82) is 0 Å². The molecule has 0 aromatic heterocycles. The van der Waals surface area contributed by atoms with Crippen molar-refractivity contribution in [3.63, 3.8) is 0 Å². The van der Waals surface area contributed by atoms with Crippen molar-refractivity contribution in [2.75, 3.05) is 13.1 Å². The number of Topliss-reactive ketones (excluding diaryl/α,β-unsaturated/α-hetero) is 1. The predicted octanol–water partition coefficient (Wildman–Crippen LogP) is 3.74. The number of benzene rings is 1. The number of hydrogen-bond acceptors (Lipinski definition) is 2. The van der Waals surface area contributed by atoms with Crippen LogP contribution in [0.15, 0.2) is 24.3 Å². The molecule has 1 aliphatic rings. The van der Waals surface area contributed by atoms with Crippen LogP contribution in [-0.4, -0.2) is 29.8 Å². The topological polar surface area (TPSA) is 20.3 Å². The molecule has 0 spiro atoms. The Morgan fingerprint density at radius 2 is 1.89 bits per heavy atom. The molecule has 0 amide bonds. The van der Waals surface area contributed by atoms with Gasteiger partial charge in [-0.25, -0.2) is 0 Å². The van der Waals surface area contributed by atoms with E-state index in [1.54, 1.807) is 0 Å². The summed E-state index contributed by atoms with van der Waals surface area (Å²) in [6, 6.07) is 8.50. The van der Waals surface area contributed by atoms with Crippen molar-refractivity contribution in [2.24, 2.45) is 0 Å². The lowest BCUT2D eigenvalue weighted by Crippen LogP contribution is -2.37. The van der Waals surface area contributed by atoms with Gasteiger partial charge in [0.1, 0.15) is 0 Å². The van der Waals surface area contributed by atoms with E-state index in [9.17, 15) is 4.79 Å². The first kappa shape index (κ1) is 14.0. The molecule has 0 radical (unpaired) electrons. The molecule has 0 N–H and O–H groups in total. The van der Waals surface area contributed by atoms with E-state index in [4.69, 9.17) is 0 Å². The fraction of sp³-hybridized carbons (Fsp3) is 0.533. The molecule has 1 aliphatic carbocycles. The van der Waals surface area contributed by atoms with E-state index in [0.29, 0.717) is 12.6 Å². The van der Waals surface area contributed by atoms with Crippen molar-refractivity contribution in [3.05, 3.63) is 33.4 Å². The molecule has 98 valence electrons. The van der Waals surface area contributed by atoms with E-state index in [-0.39, 0.29) is 5.78 Å². The third-order valence-corrected chi connectivity index (χ3v) is 4.48. The summed E-state index contributed by atoms with van der Waals surface area (Å²) in [5, 5.41) is 0. The van der Waals surface area contributed by atoms with Gasteiger partial charge in [-0.2, -0.15) is 0 Å². The van der Waals surface area contributed by atoms with Crippen LogP contribution in [0, 0.1) is 3.57 Å². The Morgan fingerprint density at radius 1 is 1.28 bits per heavy atom. The zero-order valence-corrected chi connectivity index (χ0v) is 13.0. The molecule has 0 bridgehead atoms. The Bertz CT molecular complexity index is 395. The van der Waals surface area contributed by atoms with Crippen LogP contribution in [0.25, 0.3) is 0 Å². The summed E-state index contributed by atoms with van der Waals surface area (Å²) in [6.45, 7) is 3.70. The van der Waals surface area contributed by atoms with Crippen LogP contribution >= 0.6 is 22.6 Å². The number of halogens is 1. The van der Waals surface area contributed by atoms with Crippen LogP contribution in [-0.2, 0) is 0 Å². The third kappa shape index (κ3) is 3.54. The van der Waals surface area contributed by atoms with Gasteiger partial charge in [-0.3, -0.25) is 9.69 Å². The molecule has 1 fully saturated rings. The van der Waals surface area contributed by atoms with Gasteiger partial charge in [0.2, 0.25) is 0 Å². The quantitative estimate of drug-likeness (QED) is 0.591. The van der Waals surface area contributed by atoms with E-state index in [1.165, 1.54) is 29.3 Å². The summed E-state index contributed by atoms with van der Waals surface area (Å²) in [4.78, 5) is 14.6. The van der Waals surface area contributed by atoms with Crippen molar-refractivity contribution < 1.29 is 4.79 Å². The van der Waals surface area contributed by atoms with Crippen LogP contribution in [0.4, 0.5) is 0 Å². The Balaban J connectivity index is 1.98. The molecular weight excluding hydrogens is 337 g/mol. The smallest absolute Gasteiger partial charge is 0.176 e. The van der Waals surface area contributed by atoms with Gasteiger partial charge >= 0.3 is 0 Å². The summed E-state index contributed by atoms with van der Waals surface area (Å²) >= 11 is 2.26. The molecule has 1 saturated carbocycles. The lowest BCUT2D eigenvalue weighted by molar-refractivity contribution is 0.0899. The molecule has 0 aliphatic heterocycles. The third-order valence-electron chi connectivity index (χ3n) is 3.76. The lowest BCUT2D eigenvalue weighted by Gasteiger charge is -2.26. The highest BCUT2D eigenvalue weighted by Crippen LogP contribution is 2.23. The second-order valence-electron chi connectivity index (χ2n) is 4.93. The first-order valence-corrected chi connectivity index (χ1v) is 7.81. The van der Waals surface area contributed by atoms with Crippen LogP contribution in [0.3, 0.4) is 0 Å². The fourth-order valence-corrected chi connectivity index (χ4v) is 3.04. The number of rotatable bonds is 5. The van der Waals surface area contributed by atoms with Crippen LogP contribution in [0.1, 0.15) is 43.0 Å². The molecule has 0 unspecified atom stereocenters. The molecule has 18 heavy (non-hydrogen) atoms. The number of ketones is 1. The molecule has 0 heterocycles. The average molecular weight is 357 g/mol. The zero-order valence-electron chi connectivity index (χ0n) is 10.9. The highest BCUT2D eigenvalue weighted by atomic mass is 127. The summed E-state index contributed by atoms with van der Waals surface area (Å²) < 4.78 is 1.17. The van der Waals surface area contributed by atoms with Gasteiger partial charge in [-0.15, -0.1) is 0 Å². The standard InChI is InChI=1S/C15H20INO/c1-2-17(14-5-3-4-6-14)11-15(18)12-7-9-13(16)10-8-12/h7-10,14H,2-6,11H2,1H3. The van der Waals surface area contributed by atoms with E-state index in [1.807, 2.05) is 24.3 Å². The second-order valence-corrected chi connectivity index (χ2v) is 6.18. The summed E-state index contributed by atoms with van der Waals surface area (Å²) in [5.74, 6) is 0.250. The summed E-state index contributed by atoms with van der Waals surface area (Å²) in [6.07, 6.45) is 5.15. The molecule has 2 rings (SSSR count). The van der Waals surface area contributed by atoms with E-state index in [2.05, 4.69) is 34.4 Å². The highest BCUT2D eigenvalue weighted by molar-refractivity contribution is 14.1. The largest absolute Gasteiger partial charge is 0.293 e. The molecule has 2 nitrogen and oxygen atoms in total. The second kappa shape index (κ2) is 6.66. The first-order chi connectivity index (χ1) is 8.70. The Morgan fingerprint density at radius 3 is 2.44 bits per heavy atom. The number of nitrogens with zero attached hydrogens (tertiary/aromatic N) is 1. The van der Waals surface area contributed by atoms with Crippen LogP contribution < -0.4 is 0 Å². The monoisotopic (exact) mass is 357 g/mol. The maximum absolute atomic E-state index is 12.2. The number of hydrogen-bond donors (Lipinski definition) is 0. The Kier molecular flexibility index (Phi) is 5.18. The first-order valence-electron chi connectivity index (χ1n) is 6.73. The maximum Gasteiger partial charge on any atom is 0.176 e. The SMILES string of the molecule is CCN(CC(=O)c1ccc(I)cc1)C1CCCC1. The predicted molar refractivity (Wildman–Crippen MR) is 83.0 cm³/mol.